The number of ether oxygens (including phenoxy) is 2. The Hall–Kier alpha value is -1.92. The van der Waals surface area contributed by atoms with Crippen LogP contribution in [0.2, 0.25) is 0 Å². The second kappa shape index (κ2) is 4.54. The minimum atomic E-state index is -0.239. The summed E-state index contributed by atoms with van der Waals surface area (Å²) < 4.78 is 11.7. The third-order valence-corrected chi connectivity index (χ3v) is 5.88. The van der Waals surface area contributed by atoms with E-state index in [0.717, 1.165) is 30.9 Å². The van der Waals surface area contributed by atoms with Crippen LogP contribution in [0.1, 0.15) is 17.5 Å². The molecule has 3 aliphatic rings. The summed E-state index contributed by atoms with van der Waals surface area (Å²) in [5, 5.41) is 0. The van der Waals surface area contributed by atoms with Gasteiger partial charge in [0, 0.05) is 17.5 Å². The number of fused-ring (bicyclic) bond motifs is 1. The zero-order valence-corrected chi connectivity index (χ0v) is 13.1. The van der Waals surface area contributed by atoms with Crippen molar-refractivity contribution < 1.29 is 9.47 Å². The molecule has 2 heterocycles. The minimum Gasteiger partial charge on any atom is -0.493 e. The summed E-state index contributed by atoms with van der Waals surface area (Å²) in [5.41, 5.74) is 2.48. The van der Waals surface area contributed by atoms with Gasteiger partial charge in [-0.25, -0.2) is 0 Å². The summed E-state index contributed by atoms with van der Waals surface area (Å²) in [6.07, 6.45) is 9.73. The van der Waals surface area contributed by atoms with Gasteiger partial charge in [0.1, 0.15) is 0 Å². The van der Waals surface area contributed by atoms with Crippen molar-refractivity contribution in [2.24, 2.45) is 5.92 Å². The Morgan fingerprint density at radius 3 is 3.05 bits per heavy atom. The van der Waals surface area contributed by atoms with Gasteiger partial charge < -0.3 is 14.4 Å². The van der Waals surface area contributed by atoms with Gasteiger partial charge in [0.05, 0.1) is 12.5 Å². The van der Waals surface area contributed by atoms with E-state index in [9.17, 15) is 0 Å². The quantitative estimate of drug-likeness (QED) is 0.618. The van der Waals surface area contributed by atoms with Crippen molar-refractivity contribution in [1.29, 1.82) is 0 Å². The van der Waals surface area contributed by atoms with E-state index >= 15 is 0 Å². The molecule has 114 valence electrons. The topological polar surface area (TPSA) is 21.7 Å². The maximum atomic E-state index is 6.22. The number of likely N-dealkylation sites (N-methyl/N-ethyl adjacent to an activating group) is 1. The van der Waals surface area contributed by atoms with Gasteiger partial charge in [0.2, 0.25) is 0 Å². The first-order valence-electron chi connectivity index (χ1n) is 7.83. The van der Waals surface area contributed by atoms with Gasteiger partial charge in [-0.05, 0) is 38.1 Å². The molecule has 4 unspecified atom stereocenters. The van der Waals surface area contributed by atoms with Crippen LogP contribution >= 0.6 is 0 Å². The third-order valence-electron chi connectivity index (χ3n) is 5.88. The van der Waals surface area contributed by atoms with Gasteiger partial charge in [-0.3, -0.25) is 0 Å². The van der Waals surface area contributed by atoms with E-state index in [0.29, 0.717) is 12.0 Å². The van der Waals surface area contributed by atoms with Crippen molar-refractivity contribution in [3.63, 3.8) is 0 Å². The van der Waals surface area contributed by atoms with Gasteiger partial charge in [-0.15, -0.1) is 13.0 Å². The second-order valence-corrected chi connectivity index (χ2v) is 6.60. The van der Waals surface area contributed by atoms with Crippen LogP contribution in [0.5, 0.6) is 11.5 Å². The molecular weight excluding hydrogens is 274 g/mol. The minimum absolute atomic E-state index is 0.148. The number of benzene rings is 1. The highest BCUT2D eigenvalue weighted by Gasteiger charge is 2.61. The number of hydrogen-bond donors (Lipinski definition) is 0. The Morgan fingerprint density at radius 2 is 2.36 bits per heavy atom. The van der Waals surface area contributed by atoms with Crippen molar-refractivity contribution in [2.45, 2.75) is 30.4 Å². The molecule has 1 spiro atoms. The number of terminal acetylenes is 1. The predicted molar refractivity (Wildman–Crippen MR) is 86.3 cm³/mol. The summed E-state index contributed by atoms with van der Waals surface area (Å²) in [7, 11) is 3.88. The van der Waals surface area contributed by atoms with Crippen LogP contribution in [-0.4, -0.2) is 37.7 Å². The Labute approximate surface area is 131 Å². The molecule has 22 heavy (non-hydrogen) atoms. The first kappa shape index (κ1) is 13.7. The van der Waals surface area contributed by atoms with Crippen molar-refractivity contribution in [1.82, 2.24) is 4.90 Å². The number of piperidine rings is 1. The molecule has 0 aromatic heterocycles. The lowest BCUT2D eigenvalue weighted by Crippen LogP contribution is -2.61. The van der Waals surface area contributed by atoms with Crippen LogP contribution in [0, 0.1) is 18.3 Å². The number of rotatable bonds is 2. The maximum Gasteiger partial charge on any atom is 0.169 e. The second-order valence-electron chi connectivity index (χ2n) is 6.60. The number of hydrogen-bond acceptors (Lipinski definition) is 3. The number of likely N-dealkylation sites (tertiary alicyclic amines) is 1. The molecule has 0 radical (unpaired) electrons. The van der Waals surface area contributed by atoms with Crippen molar-refractivity contribution in [2.75, 3.05) is 20.7 Å². The highest BCUT2D eigenvalue weighted by molar-refractivity contribution is 5.62. The van der Waals surface area contributed by atoms with E-state index in [-0.39, 0.29) is 11.5 Å². The van der Waals surface area contributed by atoms with Crippen LogP contribution in [0.3, 0.4) is 0 Å². The van der Waals surface area contributed by atoms with Gasteiger partial charge >= 0.3 is 0 Å². The molecule has 1 aromatic rings. The Bertz CT molecular complexity index is 689. The molecule has 1 aliphatic carbocycles. The van der Waals surface area contributed by atoms with E-state index < -0.39 is 0 Å². The van der Waals surface area contributed by atoms with E-state index in [1.54, 1.807) is 7.11 Å². The van der Waals surface area contributed by atoms with Gasteiger partial charge in [-0.2, -0.15) is 0 Å². The van der Waals surface area contributed by atoms with Crippen LogP contribution < -0.4 is 9.47 Å². The van der Waals surface area contributed by atoms with Crippen LogP contribution in [0.4, 0.5) is 0 Å². The molecule has 1 aromatic carbocycles. The molecule has 4 atom stereocenters. The normalized spacial score (nSPS) is 35.2. The highest BCUT2D eigenvalue weighted by atomic mass is 16.5. The molecule has 0 N–H and O–H groups in total. The number of methoxy groups -OCH3 is 1. The highest BCUT2D eigenvalue weighted by Crippen LogP contribution is 2.60. The lowest BCUT2D eigenvalue weighted by molar-refractivity contribution is 0.0269. The van der Waals surface area contributed by atoms with Crippen LogP contribution in [0.15, 0.2) is 24.8 Å². The maximum absolute atomic E-state index is 6.22. The number of nitrogens with zero attached hydrogens (tertiary/aromatic N) is 1. The van der Waals surface area contributed by atoms with Gasteiger partial charge in [-0.1, -0.05) is 18.1 Å². The monoisotopic (exact) mass is 295 g/mol. The molecule has 2 bridgehead atoms. The van der Waals surface area contributed by atoms with Crippen LogP contribution in [0.25, 0.3) is 0 Å². The first-order valence-corrected chi connectivity index (χ1v) is 7.83. The van der Waals surface area contributed by atoms with E-state index in [1.165, 1.54) is 11.1 Å². The Kier molecular flexibility index (Phi) is 2.83. The SMILES string of the molecule is C#CC1Oc2c(OC)ccc3c2C12CCN(C)C(C3)C2C=C. The molecule has 0 amide bonds. The van der Waals surface area contributed by atoms with E-state index in [2.05, 4.69) is 36.6 Å². The van der Waals surface area contributed by atoms with Crippen LogP contribution in [-0.2, 0) is 11.8 Å². The van der Waals surface area contributed by atoms with E-state index in [1.807, 2.05) is 6.07 Å². The first-order chi connectivity index (χ1) is 10.7. The molecule has 2 aliphatic heterocycles. The molecule has 4 rings (SSSR count). The average Bonchev–Trinajstić information content (AvgIpc) is 2.87. The van der Waals surface area contributed by atoms with E-state index in [4.69, 9.17) is 15.9 Å². The summed E-state index contributed by atoms with van der Waals surface area (Å²) in [6, 6.07) is 4.63. The fourth-order valence-corrected chi connectivity index (χ4v) is 4.88. The Morgan fingerprint density at radius 1 is 1.55 bits per heavy atom. The summed E-state index contributed by atoms with van der Waals surface area (Å²) in [4.78, 5) is 2.44. The van der Waals surface area contributed by atoms with Crippen molar-refractivity contribution >= 4 is 0 Å². The molecule has 1 saturated heterocycles. The van der Waals surface area contributed by atoms with Gasteiger partial charge in [0.25, 0.3) is 0 Å². The fraction of sp³-hybridized carbons (Fsp3) is 0.474. The lowest BCUT2D eigenvalue weighted by Gasteiger charge is -2.53. The smallest absolute Gasteiger partial charge is 0.169 e. The lowest BCUT2D eigenvalue weighted by atomic mass is 9.56. The van der Waals surface area contributed by atoms with Crippen molar-refractivity contribution in [3.05, 3.63) is 35.9 Å². The molecular formula is C19H21NO2. The zero-order valence-electron chi connectivity index (χ0n) is 13.1. The average molecular weight is 295 g/mol. The summed E-state index contributed by atoms with van der Waals surface area (Å²) in [5.74, 6) is 4.87. The predicted octanol–water partition coefficient (Wildman–Crippen LogP) is 2.39. The molecule has 3 heteroatoms. The Balaban J connectivity index is 2.02. The van der Waals surface area contributed by atoms with Gasteiger partial charge in [0.15, 0.2) is 17.6 Å². The molecule has 0 saturated carbocycles. The fourth-order valence-electron chi connectivity index (χ4n) is 4.88. The third kappa shape index (κ3) is 1.41. The molecule has 3 nitrogen and oxygen atoms in total. The summed E-state index contributed by atoms with van der Waals surface area (Å²) in [6.45, 7) is 5.15. The molecule has 1 fully saturated rings. The standard InChI is InChI=1S/C19H21NO2/c1-5-13-14-11-12-7-8-15(21-4)18-17(12)19(13,9-10-20(14)3)16(6-2)22-18/h2,5,7-8,13-14,16H,1,9-11H2,3-4H3. The largest absolute Gasteiger partial charge is 0.493 e. The summed E-state index contributed by atoms with van der Waals surface area (Å²) >= 11 is 0. The van der Waals surface area contributed by atoms with Crippen molar-refractivity contribution in [3.8, 4) is 23.8 Å². The zero-order chi connectivity index (χ0) is 15.5.